The summed E-state index contributed by atoms with van der Waals surface area (Å²) in [6.07, 6.45) is 0.780. The zero-order valence-corrected chi connectivity index (χ0v) is 9.09. The van der Waals surface area contributed by atoms with Gasteiger partial charge in [-0.25, -0.2) is 0 Å². The average molecular weight is 187 g/mol. The maximum Gasteiger partial charge on any atom is 0.310 e. The zero-order valence-electron chi connectivity index (χ0n) is 9.09. The highest BCUT2D eigenvalue weighted by Crippen LogP contribution is 2.24. The van der Waals surface area contributed by atoms with Crippen molar-refractivity contribution in [2.45, 2.75) is 34.1 Å². The van der Waals surface area contributed by atoms with Gasteiger partial charge in [0, 0.05) is 6.54 Å². The minimum absolute atomic E-state index is 0.122. The Morgan fingerprint density at radius 3 is 2.31 bits per heavy atom. The van der Waals surface area contributed by atoms with Gasteiger partial charge in [0.05, 0.1) is 12.5 Å². The van der Waals surface area contributed by atoms with Crippen LogP contribution in [0.15, 0.2) is 0 Å². The summed E-state index contributed by atoms with van der Waals surface area (Å²) in [4.78, 5) is 11.3. The van der Waals surface area contributed by atoms with E-state index >= 15 is 0 Å². The first kappa shape index (κ1) is 12.4. The Kier molecular flexibility index (Phi) is 4.99. The summed E-state index contributed by atoms with van der Waals surface area (Å²) in [5.74, 6) is -0.320. The first-order valence-corrected chi connectivity index (χ1v) is 4.77. The molecule has 2 N–H and O–H groups in total. The van der Waals surface area contributed by atoms with Crippen molar-refractivity contribution in [3.63, 3.8) is 0 Å². The minimum Gasteiger partial charge on any atom is -0.466 e. The van der Waals surface area contributed by atoms with Crippen LogP contribution in [0, 0.1) is 11.3 Å². The molecule has 3 nitrogen and oxygen atoms in total. The van der Waals surface area contributed by atoms with Crippen LogP contribution in [-0.4, -0.2) is 19.1 Å². The van der Waals surface area contributed by atoms with Gasteiger partial charge in [0.1, 0.15) is 0 Å². The number of esters is 1. The third-order valence-corrected chi connectivity index (χ3v) is 1.76. The van der Waals surface area contributed by atoms with Crippen molar-refractivity contribution in [1.82, 2.24) is 0 Å². The highest BCUT2D eigenvalue weighted by molar-refractivity contribution is 5.72. The van der Waals surface area contributed by atoms with Crippen LogP contribution in [0.4, 0.5) is 0 Å². The normalized spacial score (nSPS) is 13.9. The molecule has 0 aromatic heterocycles. The van der Waals surface area contributed by atoms with Crippen LogP contribution < -0.4 is 5.73 Å². The molecule has 0 heterocycles. The molecule has 3 heteroatoms. The Balaban J connectivity index is 4.10. The number of carbonyl (C=O) groups excluding carboxylic acids is 1. The second-order valence-electron chi connectivity index (χ2n) is 4.45. The third-order valence-electron chi connectivity index (χ3n) is 1.76. The number of rotatable bonds is 4. The molecule has 13 heavy (non-hydrogen) atoms. The van der Waals surface area contributed by atoms with Crippen molar-refractivity contribution in [3.05, 3.63) is 0 Å². The molecule has 0 aliphatic carbocycles. The molecule has 0 rings (SSSR count). The van der Waals surface area contributed by atoms with E-state index in [4.69, 9.17) is 10.5 Å². The van der Waals surface area contributed by atoms with E-state index in [1.165, 1.54) is 0 Å². The largest absolute Gasteiger partial charge is 0.466 e. The summed E-state index contributed by atoms with van der Waals surface area (Å²) in [6, 6.07) is 0. The average Bonchev–Trinajstić information content (AvgIpc) is 1.99. The molecular weight excluding hydrogens is 166 g/mol. The molecular formula is C10H21NO2. The molecule has 0 amide bonds. The van der Waals surface area contributed by atoms with Gasteiger partial charge < -0.3 is 10.5 Å². The zero-order chi connectivity index (χ0) is 10.5. The van der Waals surface area contributed by atoms with Crippen molar-refractivity contribution in [2.75, 3.05) is 13.2 Å². The standard InChI is InChI=1S/C10H21NO2/c1-5-13-9(12)8(7-11)6-10(2,3)4/h8H,5-7,11H2,1-4H3. The van der Waals surface area contributed by atoms with E-state index in [0.717, 1.165) is 6.42 Å². The van der Waals surface area contributed by atoms with Crippen LogP contribution in [0.25, 0.3) is 0 Å². The lowest BCUT2D eigenvalue weighted by atomic mass is 9.85. The molecule has 0 radical (unpaired) electrons. The SMILES string of the molecule is CCOC(=O)C(CN)CC(C)(C)C. The van der Waals surface area contributed by atoms with Crippen molar-refractivity contribution in [3.8, 4) is 0 Å². The van der Waals surface area contributed by atoms with Crippen molar-refractivity contribution >= 4 is 5.97 Å². The Morgan fingerprint density at radius 1 is 1.46 bits per heavy atom. The van der Waals surface area contributed by atoms with E-state index in [1.54, 1.807) is 0 Å². The molecule has 78 valence electrons. The number of hydrogen-bond acceptors (Lipinski definition) is 3. The van der Waals surface area contributed by atoms with Crippen LogP contribution in [0.3, 0.4) is 0 Å². The molecule has 1 atom stereocenters. The third kappa shape index (κ3) is 5.64. The van der Waals surface area contributed by atoms with Gasteiger partial charge in [0.15, 0.2) is 0 Å². The van der Waals surface area contributed by atoms with Crippen LogP contribution in [-0.2, 0) is 9.53 Å². The van der Waals surface area contributed by atoms with E-state index in [9.17, 15) is 4.79 Å². The van der Waals surface area contributed by atoms with Gasteiger partial charge in [0.25, 0.3) is 0 Å². The highest BCUT2D eigenvalue weighted by Gasteiger charge is 2.24. The predicted molar refractivity (Wildman–Crippen MR) is 53.2 cm³/mol. The van der Waals surface area contributed by atoms with Gasteiger partial charge in [0.2, 0.25) is 0 Å². The fourth-order valence-corrected chi connectivity index (χ4v) is 1.26. The van der Waals surface area contributed by atoms with Crippen molar-refractivity contribution < 1.29 is 9.53 Å². The van der Waals surface area contributed by atoms with E-state index < -0.39 is 0 Å². The molecule has 0 bridgehead atoms. The second-order valence-corrected chi connectivity index (χ2v) is 4.45. The molecule has 0 saturated carbocycles. The van der Waals surface area contributed by atoms with Crippen molar-refractivity contribution in [2.24, 2.45) is 17.1 Å². The lowest BCUT2D eigenvalue weighted by Gasteiger charge is -2.23. The highest BCUT2D eigenvalue weighted by atomic mass is 16.5. The van der Waals surface area contributed by atoms with Gasteiger partial charge in [-0.05, 0) is 18.8 Å². The number of carbonyl (C=O) groups is 1. The van der Waals surface area contributed by atoms with Crippen LogP contribution in [0.2, 0.25) is 0 Å². The summed E-state index contributed by atoms with van der Waals surface area (Å²) in [6.45, 7) is 8.89. The summed E-state index contributed by atoms with van der Waals surface area (Å²) in [5, 5.41) is 0. The minimum atomic E-state index is -0.167. The molecule has 0 aromatic rings. The molecule has 0 spiro atoms. The van der Waals surface area contributed by atoms with Crippen LogP contribution in [0.5, 0.6) is 0 Å². The van der Waals surface area contributed by atoms with Gasteiger partial charge in [-0.1, -0.05) is 20.8 Å². The lowest BCUT2D eigenvalue weighted by molar-refractivity contribution is -0.148. The van der Waals surface area contributed by atoms with E-state index in [1.807, 2.05) is 6.92 Å². The predicted octanol–water partition coefficient (Wildman–Crippen LogP) is 1.56. The Labute approximate surface area is 80.6 Å². The molecule has 0 aliphatic heterocycles. The Bertz CT molecular complexity index is 161. The number of ether oxygens (including phenoxy) is 1. The topological polar surface area (TPSA) is 52.3 Å². The first-order chi connectivity index (χ1) is 5.90. The maximum absolute atomic E-state index is 11.3. The molecule has 0 saturated heterocycles. The van der Waals surface area contributed by atoms with Crippen molar-refractivity contribution in [1.29, 1.82) is 0 Å². The van der Waals surface area contributed by atoms with E-state index in [-0.39, 0.29) is 17.3 Å². The van der Waals surface area contributed by atoms with Gasteiger partial charge >= 0.3 is 5.97 Å². The van der Waals surface area contributed by atoms with E-state index in [0.29, 0.717) is 13.2 Å². The van der Waals surface area contributed by atoms with E-state index in [2.05, 4.69) is 20.8 Å². The maximum atomic E-state index is 11.3. The molecule has 0 aliphatic rings. The molecule has 0 fully saturated rings. The summed E-state index contributed by atoms with van der Waals surface area (Å²) < 4.78 is 4.92. The Morgan fingerprint density at radius 2 is 2.00 bits per heavy atom. The van der Waals surface area contributed by atoms with Gasteiger partial charge in [-0.15, -0.1) is 0 Å². The second kappa shape index (κ2) is 5.22. The number of nitrogens with two attached hydrogens (primary N) is 1. The summed E-state index contributed by atoms with van der Waals surface area (Å²) >= 11 is 0. The monoisotopic (exact) mass is 187 g/mol. The summed E-state index contributed by atoms with van der Waals surface area (Å²) in [7, 11) is 0. The van der Waals surface area contributed by atoms with Gasteiger partial charge in [-0.2, -0.15) is 0 Å². The lowest BCUT2D eigenvalue weighted by Crippen LogP contribution is -2.29. The fourth-order valence-electron chi connectivity index (χ4n) is 1.26. The van der Waals surface area contributed by atoms with Crippen LogP contribution in [0.1, 0.15) is 34.1 Å². The summed E-state index contributed by atoms with van der Waals surface area (Å²) in [5.41, 5.74) is 5.63. The fraction of sp³-hybridized carbons (Fsp3) is 0.900. The quantitative estimate of drug-likeness (QED) is 0.679. The molecule has 1 unspecified atom stereocenters. The smallest absolute Gasteiger partial charge is 0.310 e. The molecule has 0 aromatic carbocycles. The van der Waals surface area contributed by atoms with Gasteiger partial charge in [-0.3, -0.25) is 4.79 Å². The first-order valence-electron chi connectivity index (χ1n) is 4.77. The van der Waals surface area contributed by atoms with Crippen LogP contribution >= 0.6 is 0 Å². The Hall–Kier alpha value is -0.570. The number of hydrogen-bond donors (Lipinski definition) is 1.